The highest BCUT2D eigenvalue weighted by Crippen LogP contribution is 2.30. The molecule has 2 rings (SSSR count). The van der Waals surface area contributed by atoms with E-state index in [0.29, 0.717) is 12.8 Å². The molecule has 0 spiro atoms. The van der Waals surface area contributed by atoms with Crippen LogP contribution in [0, 0.1) is 0 Å². The first-order valence-corrected chi connectivity index (χ1v) is 8.95. The summed E-state index contributed by atoms with van der Waals surface area (Å²) in [5.41, 5.74) is -0.987. The number of carbonyl (C=O) groups excluding carboxylic acids is 1. The summed E-state index contributed by atoms with van der Waals surface area (Å²) in [5, 5.41) is 12.0. The van der Waals surface area contributed by atoms with Gasteiger partial charge in [0.15, 0.2) is 0 Å². The van der Waals surface area contributed by atoms with Gasteiger partial charge in [-0.15, -0.1) is 0 Å². The van der Waals surface area contributed by atoms with E-state index < -0.39 is 27.4 Å². The van der Waals surface area contributed by atoms with Gasteiger partial charge in [-0.2, -0.15) is 0 Å². The normalized spacial score (nSPS) is 16.9. The van der Waals surface area contributed by atoms with Gasteiger partial charge < -0.3 is 10.4 Å². The minimum absolute atomic E-state index is 0.0599. The minimum atomic E-state index is -3.58. The summed E-state index contributed by atoms with van der Waals surface area (Å²) >= 11 is 0. The molecule has 0 heterocycles. The van der Waals surface area contributed by atoms with Crippen LogP contribution >= 0.6 is 0 Å². The summed E-state index contributed by atoms with van der Waals surface area (Å²) in [5.74, 6) is -1.55. The average molecular weight is 340 g/mol. The molecule has 0 radical (unpaired) electrons. The maximum absolute atomic E-state index is 12.3. The Morgan fingerprint density at radius 2 is 1.74 bits per heavy atom. The lowest BCUT2D eigenvalue weighted by molar-refractivity contribution is -0.144. The molecule has 0 bridgehead atoms. The van der Waals surface area contributed by atoms with Crippen molar-refractivity contribution >= 4 is 21.9 Å². The van der Waals surface area contributed by atoms with Crippen molar-refractivity contribution in [1.29, 1.82) is 0 Å². The van der Waals surface area contributed by atoms with Gasteiger partial charge in [0.1, 0.15) is 5.54 Å². The molecule has 23 heavy (non-hydrogen) atoms. The summed E-state index contributed by atoms with van der Waals surface area (Å²) in [4.78, 5) is 23.8. The number of sulfonamides is 1. The van der Waals surface area contributed by atoms with Crippen molar-refractivity contribution in [2.75, 3.05) is 6.54 Å². The fourth-order valence-electron chi connectivity index (χ4n) is 2.72. The summed E-state index contributed by atoms with van der Waals surface area (Å²) < 4.78 is 26.0. The average Bonchev–Trinajstić information content (AvgIpc) is 2.97. The topological polar surface area (TPSA) is 113 Å². The summed E-state index contributed by atoms with van der Waals surface area (Å²) in [7, 11) is -3.58. The van der Waals surface area contributed by atoms with E-state index >= 15 is 0 Å². The smallest absolute Gasteiger partial charge is 0.329 e. The molecule has 1 saturated carbocycles. The Labute approximate surface area is 135 Å². The monoisotopic (exact) mass is 340 g/mol. The number of benzene rings is 1. The van der Waals surface area contributed by atoms with E-state index in [0.717, 1.165) is 12.8 Å². The molecule has 1 fully saturated rings. The quantitative estimate of drug-likeness (QED) is 0.718. The van der Waals surface area contributed by atoms with E-state index in [1.165, 1.54) is 24.3 Å². The molecule has 0 saturated heterocycles. The summed E-state index contributed by atoms with van der Waals surface area (Å²) in [6.07, 6.45) is 2.32. The SMILES string of the molecule is CCNS(=O)(=O)c1ccc(C(=O)NC2(C(=O)O)CCCC2)cc1. The van der Waals surface area contributed by atoms with Gasteiger partial charge in [0.25, 0.3) is 5.91 Å². The van der Waals surface area contributed by atoms with E-state index in [1.807, 2.05) is 0 Å². The van der Waals surface area contributed by atoms with Crippen molar-refractivity contribution in [3.05, 3.63) is 29.8 Å². The first-order valence-electron chi connectivity index (χ1n) is 7.46. The van der Waals surface area contributed by atoms with Crippen LogP contribution in [0.1, 0.15) is 43.0 Å². The summed E-state index contributed by atoms with van der Waals surface area (Å²) in [6, 6.07) is 5.41. The first-order chi connectivity index (χ1) is 10.8. The maximum atomic E-state index is 12.3. The summed E-state index contributed by atoms with van der Waals surface area (Å²) in [6.45, 7) is 1.94. The van der Waals surface area contributed by atoms with Crippen LogP contribution in [-0.4, -0.2) is 37.5 Å². The molecule has 7 nitrogen and oxygen atoms in total. The number of carboxylic acids is 1. The largest absolute Gasteiger partial charge is 0.480 e. The fourth-order valence-corrected chi connectivity index (χ4v) is 3.76. The van der Waals surface area contributed by atoms with Crippen LogP contribution in [-0.2, 0) is 14.8 Å². The van der Waals surface area contributed by atoms with Gasteiger partial charge in [0.2, 0.25) is 10.0 Å². The number of hydrogen-bond acceptors (Lipinski definition) is 4. The molecule has 1 aliphatic rings. The van der Waals surface area contributed by atoms with Crippen molar-refractivity contribution in [3.63, 3.8) is 0 Å². The number of rotatable bonds is 6. The lowest BCUT2D eigenvalue weighted by atomic mass is 9.97. The van der Waals surface area contributed by atoms with E-state index in [1.54, 1.807) is 6.92 Å². The lowest BCUT2D eigenvalue weighted by Gasteiger charge is -2.25. The molecule has 1 aliphatic carbocycles. The molecular weight excluding hydrogens is 320 g/mol. The highest BCUT2D eigenvalue weighted by Gasteiger charge is 2.42. The Morgan fingerprint density at radius 3 is 2.22 bits per heavy atom. The van der Waals surface area contributed by atoms with Crippen molar-refractivity contribution in [2.45, 2.75) is 43.0 Å². The lowest BCUT2D eigenvalue weighted by Crippen LogP contribution is -2.52. The highest BCUT2D eigenvalue weighted by atomic mass is 32.2. The second-order valence-electron chi connectivity index (χ2n) is 5.57. The van der Waals surface area contributed by atoms with Gasteiger partial charge in [0.05, 0.1) is 4.90 Å². The van der Waals surface area contributed by atoms with Crippen LogP contribution in [0.3, 0.4) is 0 Å². The fraction of sp³-hybridized carbons (Fsp3) is 0.467. The molecule has 126 valence electrons. The molecule has 1 amide bonds. The van der Waals surface area contributed by atoms with Crippen LogP contribution < -0.4 is 10.0 Å². The predicted molar refractivity (Wildman–Crippen MR) is 83.6 cm³/mol. The van der Waals surface area contributed by atoms with Gasteiger partial charge in [-0.25, -0.2) is 17.9 Å². The number of aliphatic carboxylic acids is 1. The third-order valence-corrected chi connectivity index (χ3v) is 5.54. The Kier molecular flexibility index (Phi) is 5.06. The van der Waals surface area contributed by atoms with Gasteiger partial charge >= 0.3 is 5.97 Å². The van der Waals surface area contributed by atoms with Crippen LogP contribution in [0.5, 0.6) is 0 Å². The number of carboxylic acid groups (broad SMARTS) is 1. The molecule has 0 unspecified atom stereocenters. The Hall–Kier alpha value is -1.93. The third kappa shape index (κ3) is 3.70. The zero-order valence-electron chi connectivity index (χ0n) is 12.8. The molecule has 0 atom stereocenters. The maximum Gasteiger partial charge on any atom is 0.329 e. The molecule has 3 N–H and O–H groups in total. The van der Waals surface area contributed by atoms with E-state index in [-0.39, 0.29) is 17.0 Å². The van der Waals surface area contributed by atoms with Crippen molar-refractivity contribution in [2.24, 2.45) is 0 Å². The zero-order valence-corrected chi connectivity index (χ0v) is 13.6. The number of amides is 1. The Balaban J connectivity index is 2.16. The van der Waals surface area contributed by atoms with E-state index in [4.69, 9.17) is 0 Å². The van der Waals surface area contributed by atoms with Crippen molar-refractivity contribution in [3.8, 4) is 0 Å². The predicted octanol–water partition coefficient (Wildman–Crippen LogP) is 1.11. The van der Waals surface area contributed by atoms with Gasteiger partial charge in [-0.3, -0.25) is 4.79 Å². The second-order valence-corrected chi connectivity index (χ2v) is 7.34. The zero-order chi connectivity index (χ0) is 17.1. The van der Waals surface area contributed by atoms with E-state index in [2.05, 4.69) is 10.0 Å². The molecule has 1 aromatic rings. The standard InChI is InChI=1S/C15H20N2O5S/c1-2-16-23(21,22)12-7-5-11(6-8-12)13(18)17-15(14(19)20)9-3-4-10-15/h5-8,16H,2-4,9-10H2,1H3,(H,17,18)(H,19,20). The molecule has 0 aromatic heterocycles. The van der Waals surface area contributed by atoms with Gasteiger partial charge in [-0.05, 0) is 37.1 Å². The first kappa shape index (κ1) is 17.4. The molecule has 0 aliphatic heterocycles. The molecular formula is C15H20N2O5S. The van der Waals surface area contributed by atoms with Gasteiger partial charge in [0, 0.05) is 12.1 Å². The van der Waals surface area contributed by atoms with Crippen molar-refractivity contribution < 1.29 is 23.1 Å². The Morgan fingerprint density at radius 1 is 1.17 bits per heavy atom. The van der Waals surface area contributed by atoms with Crippen molar-refractivity contribution in [1.82, 2.24) is 10.0 Å². The highest BCUT2D eigenvalue weighted by molar-refractivity contribution is 7.89. The minimum Gasteiger partial charge on any atom is -0.480 e. The second kappa shape index (κ2) is 6.67. The number of nitrogens with one attached hydrogen (secondary N) is 2. The van der Waals surface area contributed by atoms with Crippen LogP contribution in [0.25, 0.3) is 0 Å². The third-order valence-electron chi connectivity index (χ3n) is 3.98. The van der Waals surface area contributed by atoms with Crippen LogP contribution in [0.15, 0.2) is 29.2 Å². The number of carbonyl (C=O) groups is 2. The Bertz CT molecular complexity index is 691. The van der Waals surface area contributed by atoms with Gasteiger partial charge in [-0.1, -0.05) is 19.8 Å². The molecule has 8 heteroatoms. The number of hydrogen-bond donors (Lipinski definition) is 3. The van der Waals surface area contributed by atoms with Crippen LogP contribution in [0.2, 0.25) is 0 Å². The van der Waals surface area contributed by atoms with Crippen LogP contribution in [0.4, 0.5) is 0 Å². The molecule has 1 aromatic carbocycles. The van der Waals surface area contributed by atoms with E-state index in [9.17, 15) is 23.1 Å².